The van der Waals surface area contributed by atoms with Gasteiger partial charge in [0.05, 0.1) is 17.4 Å². The van der Waals surface area contributed by atoms with Gasteiger partial charge in [-0.2, -0.15) is 0 Å². The molecule has 1 aromatic carbocycles. The maximum Gasteiger partial charge on any atom is 0.323 e. The van der Waals surface area contributed by atoms with E-state index in [1.54, 1.807) is 55.0 Å². The smallest absolute Gasteiger partial charge is 0.323 e. The zero-order valence-corrected chi connectivity index (χ0v) is 25.0. The Hall–Kier alpha value is -5.19. The van der Waals surface area contributed by atoms with Crippen molar-refractivity contribution in [1.82, 2.24) is 19.4 Å². The van der Waals surface area contributed by atoms with E-state index in [2.05, 4.69) is 25.5 Å². The Bertz CT molecular complexity index is 1750. The highest BCUT2D eigenvalue weighted by atomic mass is 16.5. The normalized spacial score (nSPS) is 15.8. The summed E-state index contributed by atoms with van der Waals surface area (Å²) >= 11 is 0. The predicted molar refractivity (Wildman–Crippen MR) is 170 cm³/mol. The van der Waals surface area contributed by atoms with E-state index in [4.69, 9.17) is 4.74 Å². The lowest BCUT2D eigenvalue weighted by Gasteiger charge is -2.35. The minimum Gasteiger partial charge on any atom is -0.452 e. The van der Waals surface area contributed by atoms with E-state index in [-0.39, 0.29) is 23.4 Å². The van der Waals surface area contributed by atoms with Gasteiger partial charge in [-0.15, -0.1) is 0 Å². The van der Waals surface area contributed by atoms with Gasteiger partial charge in [0.15, 0.2) is 5.76 Å². The number of allylic oxidation sites excluding steroid dienone is 1. The Morgan fingerprint density at radius 2 is 1.84 bits per heavy atom. The quantitative estimate of drug-likeness (QED) is 0.279. The fraction of sp³-hybridized carbons (Fsp3) is 0.303. The number of amides is 3. The number of Topliss-reactive ketones (excluding diaryl/α,β-unsaturated/α-hetero) is 1. The summed E-state index contributed by atoms with van der Waals surface area (Å²) in [4.78, 5) is 51.7. The van der Waals surface area contributed by atoms with Crippen molar-refractivity contribution in [3.05, 3.63) is 78.1 Å². The van der Waals surface area contributed by atoms with Crippen molar-refractivity contribution in [2.75, 3.05) is 41.7 Å². The Balaban J connectivity index is 1.22. The van der Waals surface area contributed by atoms with E-state index in [1.165, 1.54) is 0 Å². The molecule has 2 aliphatic rings. The van der Waals surface area contributed by atoms with Gasteiger partial charge in [0.2, 0.25) is 11.7 Å². The molecule has 0 atom stereocenters. The van der Waals surface area contributed by atoms with Crippen LogP contribution in [0.25, 0.3) is 17.1 Å². The van der Waals surface area contributed by atoms with Crippen LogP contribution in [0.15, 0.2) is 66.9 Å². The molecule has 2 N–H and O–H groups in total. The number of rotatable bonds is 7. The highest BCUT2D eigenvalue weighted by molar-refractivity contribution is 6.16. The summed E-state index contributed by atoms with van der Waals surface area (Å²) in [7, 11) is 1.93. The fourth-order valence-electron chi connectivity index (χ4n) is 5.99. The van der Waals surface area contributed by atoms with E-state index in [1.807, 2.05) is 42.6 Å². The van der Waals surface area contributed by atoms with Crippen molar-refractivity contribution in [2.24, 2.45) is 13.0 Å². The summed E-state index contributed by atoms with van der Waals surface area (Å²) < 4.78 is 7.94. The standard InChI is InChI=1S/C33H35N7O4/c1-4-39(5-2)32(42)21-11-15-40(16-12-21)26-10-14-35-31-29(26)22(20-38(31)3)17-28-30(41)25-18-23(8-9-27(25)44-28)36-33(43)37-24-7-6-13-34-19-24/h6-10,13-14,17-21H,4-5,11-12,15-16H2,1-3H3,(H2,36,37,43). The largest absolute Gasteiger partial charge is 0.452 e. The molecule has 4 aromatic rings. The molecule has 44 heavy (non-hydrogen) atoms. The topological polar surface area (TPSA) is 122 Å². The highest BCUT2D eigenvalue weighted by Gasteiger charge is 2.31. The average Bonchev–Trinajstić information content (AvgIpc) is 3.53. The van der Waals surface area contributed by atoms with Crippen molar-refractivity contribution in [3.8, 4) is 5.75 Å². The van der Waals surface area contributed by atoms with Gasteiger partial charge >= 0.3 is 6.03 Å². The van der Waals surface area contributed by atoms with Crippen molar-refractivity contribution >= 4 is 51.9 Å². The molecule has 0 bridgehead atoms. The summed E-state index contributed by atoms with van der Waals surface area (Å²) in [5.74, 6) is 0.628. The van der Waals surface area contributed by atoms with Crippen LogP contribution in [0.5, 0.6) is 5.75 Å². The number of nitrogens with zero attached hydrogens (tertiary/aromatic N) is 5. The number of pyridine rings is 2. The number of hydrogen-bond acceptors (Lipinski definition) is 7. The first-order chi connectivity index (χ1) is 21.4. The average molecular weight is 594 g/mol. The number of carbonyl (C=O) groups excluding carboxylic acids is 3. The number of piperidine rings is 1. The molecule has 11 heteroatoms. The van der Waals surface area contributed by atoms with Crippen LogP contribution in [-0.4, -0.2) is 63.3 Å². The van der Waals surface area contributed by atoms with Crippen LogP contribution in [0.3, 0.4) is 0 Å². The monoisotopic (exact) mass is 593 g/mol. The molecule has 0 radical (unpaired) electrons. The maximum atomic E-state index is 13.5. The molecule has 1 fully saturated rings. The van der Waals surface area contributed by atoms with Crippen LogP contribution in [0, 0.1) is 5.92 Å². The van der Waals surface area contributed by atoms with Crippen LogP contribution in [0.2, 0.25) is 0 Å². The van der Waals surface area contributed by atoms with Gasteiger partial charge in [-0.1, -0.05) is 0 Å². The molecular formula is C33H35N7O4. The lowest BCUT2D eigenvalue weighted by molar-refractivity contribution is -0.135. The zero-order chi connectivity index (χ0) is 30.8. The van der Waals surface area contributed by atoms with Crippen LogP contribution in [-0.2, 0) is 11.8 Å². The second-order valence-electron chi connectivity index (χ2n) is 11.0. The fourth-order valence-corrected chi connectivity index (χ4v) is 5.99. The van der Waals surface area contributed by atoms with Crippen molar-refractivity contribution in [1.29, 1.82) is 0 Å². The van der Waals surface area contributed by atoms with Crippen molar-refractivity contribution < 1.29 is 19.1 Å². The molecular weight excluding hydrogens is 558 g/mol. The first-order valence-electron chi connectivity index (χ1n) is 14.9. The number of carbonyl (C=O) groups is 3. The molecule has 0 saturated carbocycles. The SMILES string of the molecule is CCN(CC)C(=O)C1CCN(c2ccnc3c2c(C=C2Oc4ccc(NC(=O)Nc5cccnc5)cc4C2=O)cn3C)CC1. The number of urea groups is 1. The Morgan fingerprint density at radius 3 is 2.57 bits per heavy atom. The van der Waals surface area contributed by atoms with Gasteiger partial charge in [0, 0.05) is 80.1 Å². The highest BCUT2D eigenvalue weighted by Crippen LogP contribution is 2.37. The Morgan fingerprint density at radius 1 is 1.07 bits per heavy atom. The number of hydrogen-bond donors (Lipinski definition) is 2. The van der Waals surface area contributed by atoms with Crippen LogP contribution in [0.4, 0.5) is 21.9 Å². The van der Waals surface area contributed by atoms with Crippen LogP contribution in [0.1, 0.15) is 42.6 Å². The second-order valence-corrected chi connectivity index (χ2v) is 11.0. The Labute approximate surface area is 255 Å². The molecule has 0 unspecified atom stereocenters. The molecule has 3 aromatic heterocycles. The third-order valence-corrected chi connectivity index (χ3v) is 8.26. The van der Waals surface area contributed by atoms with E-state index in [0.717, 1.165) is 61.3 Å². The number of fused-ring (bicyclic) bond motifs is 2. The number of ketones is 1. The van der Waals surface area contributed by atoms with Gasteiger partial charge in [0.1, 0.15) is 11.4 Å². The summed E-state index contributed by atoms with van der Waals surface area (Å²) in [5.41, 5.74) is 4.02. The molecule has 226 valence electrons. The summed E-state index contributed by atoms with van der Waals surface area (Å²) in [6.07, 6.45) is 10.2. The van der Waals surface area contributed by atoms with Crippen LogP contribution < -0.4 is 20.3 Å². The number of benzene rings is 1. The van der Waals surface area contributed by atoms with Gasteiger partial charge < -0.3 is 29.7 Å². The van der Waals surface area contributed by atoms with Crippen molar-refractivity contribution in [2.45, 2.75) is 26.7 Å². The van der Waals surface area contributed by atoms with E-state index >= 15 is 0 Å². The molecule has 11 nitrogen and oxygen atoms in total. The van der Waals surface area contributed by atoms with E-state index in [0.29, 0.717) is 22.7 Å². The molecule has 0 spiro atoms. The molecule has 5 heterocycles. The summed E-state index contributed by atoms with van der Waals surface area (Å²) in [6, 6.07) is 9.98. The molecule has 3 amide bonds. The first-order valence-corrected chi connectivity index (χ1v) is 14.9. The third kappa shape index (κ3) is 5.60. The molecule has 0 aliphatic carbocycles. The van der Waals surface area contributed by atoms with Gasteiger partial charge in [-0.25, -0.2) is 9.78 Å². The molecule has 6 rings (SSSR count). The zero-order valence-electron chi connectivity index (χ0n) is 25.0. The second kappa shape index (κ2) is 12.2. The Kier molecular flexibility index (Phi) is 8.01. The number of aromatic nitrogens is 3. The summed E-state index contributed by atoms with van der Waals surface area (Å²) in [5, 5.41) is 6.39. The van der Waals surface area contributed by atoms with Crippen molar-refractivity contribution in [3.63, 3.8) is 0 Å². The summed E-state index contributed by atoms with van der Waals surface area (Å²) in [6.45, 7) is 7.01. The molecule has 2 aliphatic heterocycles. The van der Waals surface area contributed by atoms with E-state index < -0.39 is 6.03 Å². The van der Waals surface area contributed by atoms with Gasteiger partial charge in [-0.3, -0.25) is 14.6 Å². The predicted octanol–water partition coefficient (Wildman–Crippen LogP) is 5.31. The minimum absolute atomic E-state index is 0.0321. The number of nitrogens with one attached hydrogen (secondary N) is 2. The first kappa shape index (κ1) is 28.9. The van der Waals surface area contributed by atoms with Gasteiger partial charge in [0.25, 0.3) is 0 Å². The van der Waals surface area contributed by atoms with Gasteiger partial charge in [-0.05, 0) is 69.2 Å². The number of ether oxygens (including phenoxy) is 1. The molecule has 1 saturated heterocycles. The lowest BCUT2D eigenvalue weighted by Crippen LogP contribution is -2.42. The minimum atomic E-state index is -0.447. The van der Waals surface area contributed by atoms with E-state index in [9.17, 15) is 14.4 Å². The van der Waals surface area contributed by atoms with Crippen LogP contribution >= 0.6 is 0 Å². The number of aryl methyl sites for hydroxylation is 1. The number of anilines is 3. The third-order valence-electron chi connectivity index (χ3n) is 8.26. The maximum absolute atomic E-state index is 13.5. The lowest BCUT2D eigenvalue weighted by atomic mass is 9.94.